The van der Waals surface area contributed by atoms with Crippen LogP contribution in [-0.4, -0.2) is 23.3 Å². The Balaban J connectivity index is 1.80. The molecule has 0 bridgehead atoms. The maximum Gasteiger partial charge on any atom is 0.407 e. The van der Waals surface area contributed by atoms with Crippen molar-refractivity contribution in [3.05, 3.63) is 54.0 Å². The molecule has 1 amide bonds. The van der Waals surface area contributed by atoms with E-state index in [1.54, 1.807) is 24.5 Å². The number of alkyl carbamates (subject to hydrolysis) is 1. The van der Waals surface area contributed by atoms with E-state index in [1.807, 2.05) is 39.0 Å². The first-order valence-electron chi connectivity index (χ1n) is 8.21. The molecule has 0 saturated carbocycles. The van der Waals surface area contributed by atoms with Gasteiger partial charge in [-0.15, -0.1) is 0 Å². The molecule has 0 spiro atoms. The van der Waals surface area contributed by atoms with E-state index in [4.69, 9.17) is 13.9 Å². The molecular formula is C19H25NO5. The van der Waals surface area contributed by atoms with Gasteiger partial charge >= 0.3 is 6.09 Å². The monoisotopic (exact) mass is 347 g/mol. The van der Waals surface area contributed by atoms with Crippen molar-refractivity contribution in [3.8, 4) is 5.75 Å². The molecule has 1 atom stereocenters. The van der Waals surface area contributed by atoms with Gasteiger partial charge in [0.2, 0.25) is 0 Å². The second-order valence-corrected chi connectivity index (χ2v) is 6.76. The molecule has 1 aromatic heterocycles. The van der Waals surface area contributed by atoms with Gasteiger partial charge in [0.1, 0.15) is 18.1 Å². The highest BCUT2D eigenvalue weighted by atomic mass is 16.5. The van der Waals surface area contributed by atoms with E-state index in [1.165, 1.54) is 0 Å². The molecule has 1 heterocycles. The molecule has 2 aromatic rings. The van der Waals surface area contributed by atoms with Crippen molar-refractivity contribution >= 4 is 6.09 Å². The van der Waals surface area contributed by atoms with Crippen molar-refractivity contribution in [3.63, 3.8) is 0 Å². The van der Waals surface area contributed by atoms with E-state index in [2.05, 4.69) is 5.32 Å². The van der Waals surface area contributed by atoms with Crippen LogP contribution in [0.5, 0.6) is 5.75 Å². The van der Waals surface area contributed by atoms with Crippen molar-refractivity contribution in [1.82, 2.24) is 5.32 Å². The summed E-state index contributed by atoms with van der Waals surface area (Å²) in [7, 11) is 0. The summed E-state index contributed by atoms with van der Waals surface area (Å²) in [5.41, 5.74) is 0.354. The number of benzene rings is 1. The van der Waals surface area contributed by atoms with E-state index in [9.17, 15) is 9.90 Å². The van der Waals surface area contributed by atoms with Crippen LogP contribution in [0.25, 0.3) is 0 Å². The minimum absolute atomic E-state index is 0.126. The van der Waals surface area contributed by atoms with Crippen molar-refractivity contribution in [2.75, 3.05) is 6.61 Å². The second-order valence-electron chi connectivity index (χ2n) is 6.76. The van der Waals surface area contributed by atoms with Crippen LogP contribution in [0.1, 0.15) is 44.6 Å². The van der Waals surface area contributed by atoms with E-state index in [0.29, 0.717) is 24.3 Å². The van der Waals surface area contributed by atoms with Crippen LogP contribution in [0.2, 0.25) is 0 Å². The van der Waals surface area contributed by atoms with Gasteiger partial charge in [0.05, 0.1) is 19.0 Å². The van der Waals surface area contributed by atoms with Gasteiger partial charge in [0.25, 0.3) is 0 Å². The van der Waals surface area contributed by atoms with Crippen LogP contribution < -0.4 is 10.1 Å². The van der Waals surface area contributed by atoms with Crippen LogP contribution in [-0.2, 0) is 11.3 Å². The molecule has 0 aliphatic carbocycles. The predicted molar refractivity (Wildman–Crippen MR) is 93.3 cm³/mol. The van der Waals surface area contributed by atoms with E-state index >= 15 is 0 Å². The summed E-state index contributed by atoms with van der Waals surface area (Å²) < 4.78 is 15.9. The minimum Gasteiger partial charge on any atom is -0.486 e. The zero-order valence-corrected chi connectivity index (χ0v) is 14.8. The number of hydrogen-bond acceptors (Lipinski definition) is 5. The van der Waals surface area contributed by atoms with Crippen LogP contribution in [0.4, 0.5) is 4.79 Å². The van der Waals surface area contributed by atoms with Crippen LogP contribution >= 0.6 is 0 Å². The Morgan fingerprint density at radius 1 is 1.28 bits per heavy atom. The van der Waals surface area contributed by atoms with Gasteiger partial charge in [0, 0.05) is 12.0 Å². The van der Waals surface area contributed by atoms with Crippen molar-refractivity contribution in [2.45, 2.75) is 45.4 Å². The molecule has 0 aliphatic rings. The molecule has 0 aliphatic heterocycles. The number of amides is 1. The number of aliphatic hydroxyl groups is 1. The molecule has 25 heavy (non-hydrogen) atoms. The van der Waals surface area contributed by atoms with Gasteiger partial charge < -0.3 is 24.3 Å². The number of hydrogen-bond donors (Lipinski definition) is 2. The number of nitrogens with one attached hydrogen (secondary N) is 1. The SMILES string of the molecule is CC(C)(C)NC(=O)OCCC(O)c1cccc(OCc2ccco2)c1. The number of furan rings is 1. The Bertz CT molecular complexity index is 661. The molecule has 136 valence electrons. The number of carbonyl (C=O) groups excluding carboxylic acids is 1. The Morgan fingerprint density at radius 3 is 2.76 bits per heavy atom. The summed E-state index contributed by atoms with van der Waals surface area (Å²) in [6.45, 7) is 6.06. The number of aliphatic hydroxyl groups excluding tert-OH is 1. The lowest BCUT2D eigenvalue weighted by Gasteiger charge is -2.20. The number of ether oxygens (including phenoxy) is 2. The van der Waals surface area contributed by atoms with Crippen LogP contribution in [0, 0.1) is 0 Å². The standard InChI is InChI=1S/C19H25NO5/c1-19(2,3)20-18(22)24-11-9-17(21)14-6-4-7-15(12-14)25-13-16-8-5-10-23-16/h4-8,10,12,17,21H,9,11,13H2,1-3H3,(H,20,22). The van der Waals surface area contributed by atoms with Gasteiger partial charge in [-0.1, -0.05) is 12.1 Å². The molecule has 1 aromatic carbocycles. The average Bonchev–Trinajstić information content (AvgIpc) is 3.05. The van der Waals surface area contributed by atoms with Gasteiger partial charge in [-0.25, -0.2) is 4.79 Å². The highest BCUT2D eigenvalue weighted by Crippen LogP contribution is 2.22. The van der Waals surface area contributed by atoms with Crippen molar-refractivity contribution in [2.24, 2.45) is 0 Å². The maximum atomic E-state index is 11.6. The first kappa shape index (κ1) is 18.9. The summed E-state index contributed by atoms with van der Waals surface area (Å²) in [6.07, 6.45) is 0.665. The normalized spacial score (nSPS) is 12.5. The fourth-order valence-electron chi connectivity index (χ4n) is 2.13. The Labute approximate surface area is 147 Å². The molecule has 0 saturated heterocycles. The summed E-state index contributed by atoms with van der Waals surface area (Å²) in [4.78, 5) is 11.6. The zero-order chi connectivity index (χ0) is 18.3. The van der Waals surface area contributed by atoms with Gasteiger partial charge in [0.15, 0.2) is 0 Å². The second kappa shape index (κ2) is 8.58. The fraction of sp³-hybridized carbons (Fsp3) is 0.421. The minimum atomic E-state index is -0.741. The lowest BCUT2D eigenvalue weighted by molar-refractivity contribution is 0.101. The molecule has 1 unspecified atom stereocenters. The third kappa shape index (κ3) is 6.89. The Kier molecular flexibility index (Phi) is 6.47. The quantitative estimate of drug-likeness (QED) is 0.796. The van der Waals surface area contributed by atoms with Crippen molar-refractivity contribution < 1.29 is 23.8 Å². The summed E-state index contributed by atoms with van der Waals surface area (Å²) in [5, 5.41) is 13.0. The highest BCUT2D eigenvalue weighted by Gasteiger charge is 2.15. The molecule has 0 fully saturated rings. The summed E-state index contributed by atoms with van der Waals surface area (Å²) in [6, 6.07) is 10.8. The summed E-state index contributed by atoms with van der Waals surface area (Å²) >= 11 is 0. The van der Waals surface area contributed by atoms with Gasteiger partial charge in [-0.05, 0) is 50.6 Å². The van der Waals surface area contributed by atoms with E-state index in [0.717, 1.165) is 5.76 Å². The Morgan fingerprint density at radius 2 is 2.08 bits per heavy atom. The number of rotatable bonds is 7. The zero-order valence-electron chi connectivity index (χ0n) is 14.8. The average molecular weight is 347 g/mol. The molecular weight excluding hydrogens is 322 g/mol. The fourth-order valence-corrected chi connectivity index (χ4v) is 2.13. The van der Waals surface area contributed by atoms with Crippen molar-refractivity contribution in [1.29, 1.82) is 0 Å². The third-order valence-electron chi connectivity index (χ3n) is 3.31. The first-order chi connectivity index (χ1) is 11.8. The molecule has 2 rings (SSSR count). The lowest BCUT2D eigenvalue weighted by atomic mass is 10.1. The molecule has 2 N–H and O–H groups in total. The predicted octanol–water partition coefficient (Wildman–Crippen LogP) is 3.81. The van der Waals surface area contributed by atoms with E-state index in [-0.39, 0.29) is 12.1 Å². The van der Waals surface area contributed by atoms with Gasteiger partial charge in [-0.3, -0.25) is 0 Å². The van der Waals surface area contributed by atoms with E-state index < -0.39 is 12.2 Å². The highest BCUT2D eigenvalue weighted by molar-refractivity contribution is 5.68. The lowest BCUT2D eigenvalue weighted by Crippen LogP contribution is -2.41. The smallest absolute Gasteiger partial charge is 0.407 e. The topological polar surface area (TPSA) is 80.9 Å². The van der Waals surface area contributed by atoms with Crippen LogP contribution in [0.3, 0.4) is 0 Å². The summed E-state index contributed by atoms with van der Waals surface area (Å²) in [5.74, 6) is 1.36. The van der Waals surface area contributed by atoms with Crippen LogP contribution in [0.15, 0.2) is 47.1 Å². The van der Waals surface area contributed by atoms with Gasteiger partial charge in [-0.2, -0.15) is 0 Å². The molecule has 6 nitrogen and oxygen atoms in total. The Hall–Kier alpha value is -2.47. The largest absolute Gasteiger partial charge is 0.486 e. The third-order valence-corrected chi connectivity index (χ3v) is 3.31. The number of carbonyl (C=O) groups is 1. The maximum absolute atomic E-state index is 11.6. The molecule has 6 heteroatoms. The molecule has 0 radical (unpaired) electrons. The first-order valence-corrected chi connectivity index (χ1v) is 8.21.